The molecule has 2 aromatic rings. The van der Waals surface area contributed by atoms with Crippen LogP contribution >= 0.6 is 11.3 Å². The first-order chi connectivity index (χ1) is 13.4. The van der Waals surface area contributed by atoms with Crippen molar-refractivity contribution in [3.63, 3.8) is 0 Å². The summed E-state index contributed by atoms with van der Waals surface area (Å²) in [5.41, 5.74) is 0.591. The molecule has 1 aromatic heterocycles. The fraction of sp³-hybridized carbons (Fsp3) is 0.353. The first kappa shape index (κ1) is 21.1. The molecule has 0 fully saturated rings. The van der Waals surface area contributed by atoms with Gasteiger partial charge in [-0.05, 0) is 38.1 Å². The first-order valence-corrected chi connectivity index (χ1v) is 9.23. The monoisotopic (exact) mass is 407 g/mol. The summed E-state index contributed by atoms with van der Waals surface area (Å²) in [6.45, 7) is 3.50. The van der Waals surface area contributed by atoms with Crippen molar-refractivity contribution in [3.8, 4) is 5.75 Å². The molecule has 1 heterocycles. The molecule has 0 aliphatic heterocycles. The van der Waals surface area contributed by atoms with Gasteiger partial charge >= 0.3 is 12.0 Å². The first-order valence-electron chi connectivity index (χ1n) is 8.41. The number of aromatic nitrogens is 2. The molecule has 0 spiro atoms. The standard InChI is InChI=1S/C17H21N5O5S/c1-4-27-16(24)10(2)19-17(25)18-9-13-21-22-15(28-13)14(23)20-11-5-7-12(26-3)8-6-11/h5-8,10H,4,9H2,1-3H3,(H,20,23)(H2,18,19,25)/t10-/m1/s1. The van der Waals surface area contributed by atoms with Crippen LogP contribution in [0, 0.1) is 0 Å². The number of methoxy groups -OCH3 is 1. The van der Waals surface area contributed by atoms with Gasteiger partial charge in [-0.1, -0.05) is 11.3 Å². The van der Waals surface area contributed by atoms with E-state index < -0.39 is 23.9 Å². The highest BCUT2D eigenvalue weighted by atomic mass is 32.1. The molecule has 0 unspecified atom stereocenters. The second-order valence-corrected chi connectivity index (χ2v) is 6.55. The van der Waals surface area contributed by atoms with Gasteiger partial charge in [0, 0.05) is 5.69 Å². The number of anilines is 1. The third-order valence-electron chi connectivity index (χ3n) is 3.40. The third-order valence-corrected chi connectivity index (χ3v) is 4.32. The van der Waals surface area contributed by atoms with E-state index in [-0.39, 0.29) is 18.2 Å². The zero-order chi connectivity index (χ0) is 20.5. The average Bonchev–Trinajstić information content (AvgIpc) is 3.16. The number of urea groups is 1. The van der Waals surface area contributed by atoms with Gasteiger partial charge in [0.15, 0.2) is 0 Å². The van der Waals surface area contributed by atoms with Crippen molar-refractivity contribution in [1.82, 2.24) is 20.8 Å². The van der Waals surface area contributed by atoms with Crippen LogP contribution in [0.15, 0.2) is 24.3 Å². The lowest BCUT2D eigenvalue weighted by Crippen LogP contribution is -2.44. The summed E-state index contributed by atoms with van der Waals surface area (Å²) in [6, 6.07) is 5.52. The smallest absolute Gasteiger partial charge is 0.328 e. The molecule has 1 aromatic carbocycles. The maximum absolute atomic E-state index is 12.2. The molecule has 3 amide bonds. The molecule has 0 saturated carbocycles. The van der Waals surface area contributed by atoms with E-state index in [1.165, 1.54) is 6.92 Å². The van der Waals surface area contributed by atoms with Gasteiger partial charge < -0.3 is 25.4 Å². The molecule has 10 nitrogen and oxygen atoms in total. The molecule has 1 atom stereocenters. The summed E-state index contributed by atoms with van der Waals surface area (Å²) in [6.07, 6.45) is 0. The minimum Gasteiger partial charge on any atom is -0.497 e. The number of ether oxygens (including phenoxy) is 2. The highest BCUT2D eigenvalue weighted by molar-refractivity contribution is 7.13. The Morgan fingerprint density at radius 2 is 1.89 bits per heavy atom. The Morgan fingerprint density at radius 3 is 2.54 bits per heavy atom. The lowest BCUT2D eigenvalue weighted by atomic mass is 10.3. The predicted octanol–water partition coefficient (Wildman–Crippen LogP) is 1.55. The Labute approximate surface area is 165 Å². The number of hydrogen-bond donors (Lipinski definition) is 3. The molecular weight excluding hydrogens is 386 g/mol. The van der Waals surface area contributed by atoms with Crippen LogP contribution in [0.4, 0.5) is 10.5 Å². The number of carbonyl (C=O) groups is 3. The zero-order valence-electron chi connectivity index (χ0n) is 15.6. The molecular formula is C17H21N5O5S. The summed E-state index contributed by atoms with van der Waals surface area (Å²) < 4.78 is 9.86. The number of rotatable bonds is 8. The summed E-state index contributed by atoms with van der Waals surface area (Å²) in [7, 11) is 1.56. The van der Waals surface area contributed by atoms with Crippen molar-refractivity contribution in [3.05, 3.63) is 34.3 Å². The normalized spacial score (nSPS) is 11.2. The third kappa shape index (κ3) is 6.20. The number of hydrogen-bond acceptors (Lipinski definition) is 8. The minimum atomic E-state index is -0.778. The maximum atomic E-state index is 12.2. The van der Waals surface area contributed by atoms with E-state index in [4.69, 9.17) is 9.47 Å². The van der Waals surface area contributed by atoms with Crippen molar-refractivity contribution >= 4 is 34.9 Å². The van der Waals surface area contributed by atoms with E-state index in [1.54, 1.807) is 38.3 Å². The largest absolute Gasteiger partial charge is 0.497 e. The number of benzene rings is 1. The van der Waals surface area contributed by atoms with E-state index in [9.17, 15) is 14.4 Å². The fourth-order valence-electron chi connectivity index (χ4n) is 2.01. The number of esters is 1. The van der Waals surface area contributed by atoms with Gasteiger partial charge in [-0.25, -0.2) is 9.59 Å². The van der Waals surface area contributed by atoms with Crippen LogP contribution in [0.2, 0.25) is 0 Å². The Kier molecular flexibility index (Phi) is 7.69. The second kappa shape index (κ2) is 10.2. The SMILES string of the molecule is CCOC(=O)[C@@H](C)NC(=O)NCc1nnc(C(=O)Nc2ccc(OC)cc2)s1. The van der Waals surface area contributed by atoms with Gasteiger partial charge in [-0.2, -0.15) is 0 Å². The van der Waals surface area contributed by atoms with Gasteiger partial charge in [0.25, 0.3) is 5.91 Å². The van der Waals surface area contributed by atoms with Crippen molar-refractivity contribution < 1.29 is 23.9 Å². The van der Waals surface area contributed by atoms with E-state index in [1.807, 2.05) is 0 Å². The van der Waals surface area contributed by atoms with Crippen molar-refractivity contribution in [2.24, 2.45) is 0 Å². The number of nitrogens with zero attached hydrogens (tertiary/aromatic N) is 2. The Hall–Kier alpha value is -3.21. The van der Waals surface area contributed by atoms with Crippen LogP contribution in [-0.2, 0) is 16.1 Å². The van der Waals surface area contributed by atoms with Crippen LogP contribution in [0.25, 0.3) is 0 Å². The minimum absolute atomic E-state index is 0.0643. The molecule has 0 bridgehead atoms. The molecule has 150 valence electrons. The molecule has 2 rings (SSSR count). The Balaban J connectivity index is 1.83. The van der Waals surface area contributed by atoms with Crippen LogP contribution in [0.5, 0.6) is 5.75 Å². The summed E-state index contributed by atoms with van der Waals surface area (Å²) in [5, 5.41) is 16.0. The summed E-state index contributed by atoms with van der Waals surface area (Å²) in [5.74, 6) is -0.252. The average molecular weight is 407 g/mol. The Morgan fingerprint density at radius 1 is 1.18 bits per heavy atom. The van der Waals surface area contributed by atoms with Gasteiger partial charge in [0.1, 0.15) is 16.8 Å². The lowest BCUT2D eigenvalue weighted by Gasteiger charge is -2.12. The number of amides is 3. The fourth-order valence-corrected chi connectivity index (χ4v) is 2.68. The van der Waals surface area contributed by atoms with Crippen molar-refractivity contribution in [2.75, 3.05) is 19.0 Å². The maximum Gasteiger partial charge on any atom is 0.328 e. The van der Waals surface area contributed by atoms with Gasteiger partial charge in [-0.3, -0.25) is 4.79 Å². The van der Waals surface area contributed by atoms with Gasteiger partial charge in [-0.15, -0.1) is 10.2 Å². The molecule has 0 saturated heterocycles. The lowest BCUT2D eigenvalue weighted by molar-refractivity contribution is -0.144. The van der Waals surface area contributed by atoms with E-state index >= 15 is 0 Å². The summed E-state index contributed by atoms with van der Waals surface area (Å²) in [4.78, 5) is 35.5. The highest BCUT2D eigenvalue weighted by Gasteiger charge is 2.17. The quantitative estimate of drug-likeness (QED) is 0.566. The van der Waals surface area contributed by atoms with Crippen LogP contribution in [0.3, 0.4) is 0 Å². The second-order valence-electron chi connectivity index (χ2n) is 5.48. The summed E-state index contributed by atoms with van der Waals surface area (Å²) >= 11 is 1.05. The van der Waals surface area contributed by atoms with Crippen LogP contribution in [-0.4, -0.2) is 47.9 Å². The molecule has 28 heavy (non-hydrogen) atoms. The molecule has 0 aliphatic rings. The predicted molar refractivity (Wildman–Crippen MR) is 102 cm³/mol. The molecule has 0 aliphatic carbocycles. The number of carbonyl (C=O) groups excluding carboxylic acids is 3. The van der Waals surface area contributed by atoms with Crippen molar-refractivity contribution in [1.29, 1.82) is 0 Å². The number of nitrogens with one attached hydrogen (secondary N) is 3. The zero-order valence-corrected chi connectivity index (χ0v) is 16.5. The van der Waals surface area contributed by atoms with Crippen LogP contribution < -0.4 is 20.7 Å². The van der Waals surface area contributed by atoms with Gasteiger partial charge in [0.2, 0.25) is 5.01 Å². The van der Waals surface area contributed by atoms with E-state index in [0.29, 0.717) is 16.4 Å². The molecule has 3 N–H and O–H groups in total. The van der Waals surface area contributed by atoms with E-state index in [0.717, 1.165) is 11.3 Å². The van der Waals surface area contributed by atoms with Crippen LogP contribution in [0.1, 0.15) is 28.7 Å². The Bertz CT molecular complexity index is 824. The molecule has 0 radical (unpaired) electrons. The topological polar surface area (TPSA) is 132 Å². The molecule has 11 heteroatoms. The van der Waals surface area contributed by atoms with Crippen molar-refractivity contribution in [2.45, 2.75) is 26.4 Å². The van der Waals surface area contributed by atoms with Gasteiger partial charge in [0.05, 0.1) is 20.3 Å². The van der Waals surface area contributed by atoms with E-state index in [2.05, 4.69) is 26.1 Å². The highest BCUT2D eigenvalue weighted by Crippen LogP contribution is 2.17.